The van der Waals surface area contributed by atoms with E-state index in [1.165, 1.54) is 11.1 Å². The van der Waals surface area contributed by atoms with E-state index in [4.69, 9.17) is 4.74 Å². The molecule has 3 rings (SSSR count). The second kappa shape index (κ2) is 9.19. The van der Waals surface area contributed by atoms with Crippen LogP contribution in [-0.2, 0) is 16.1 Å². The Morgan fingerprint density at radius 1 is 1.00 bits per heavy atom. The quantitative estimate of drug-likeness (QED) is 0.790. The van der Waals surface area contributed by atoms with Gasteiger partial charge >= 0.3 is 6.03 Å². The van der Waals surface area contributed by atoms with Gasteiger partial charge in [0.15, 0.2) is 0 Å². The van der Waals surface area contributed by atoms with Gasteiger partial charge in [-0.25, -0.2) is 4.79 Å². The summed E-state index contributed by atoms with van der Waals surface area (Å²) in [4.78, 5) is 32.8. The molecule has 2 aliphatic heterocycles. The smallest absolute Gasteiger partial charge is 0.320 e. The Morgan fingerprint density at radius 2 is 1.63 bits per heavy atom. The third-order valence-corrected chi connectivity index (χ3v) is 5.38. The summed E-state index contributed by atoms with van der Waals surface area (Å²) in [7, 11) is 1.85. The van der Waals surface area contributed by atoms with Crippen molar-refractivity contribution in [1.82, 2.24) is 19.6 Å². The Kier molecular flexibility index (Phi) is 6.68. The predicted molar refractivity (Wildman–Crippen MR) is 103 cm³/mol. The minimum atomic E-state index is 0.0981. The maximum atomic E-state index is 12.6. The van der Waals surface area contributed by atoms with Crippen LogP contribution in [0.25, 0.3) is 0 Å². The third-order valence-electron chi connectivity index (χ3n) is 5.38. The molecule has 0 aromatic heterocycles. The third kappa shape index (κ3) is 5.20. The average molecular weight is 374 g/mol. The van der Waals surface area contributed by atoms with E-state index in [0.717, 1.165) is 13.1 Å². The van der Waals surface area contributed by atoms with Gasteiger partial charge in [-0.15, -0.1) is 0 Å². The van der Waals surface area contributed by atoms with Crippen LogP contribution < -0.4 is 0 Å². The van der Waals surface area contributed by atoms with Gasteiger partial charge in [0, 0.05) is 52.9 Å². The van der Waals surface area contributed by atoms with E-state index < -0.39 is 0 Å². The van der Waals surface area contributed by atoms with Gasteiger partial charge in [-0.05, 0) is 18.1 Å². The van der Waals surface area contributed by atoms with Crippen molar-refractivity contribution >= 4 is 11.9 Å². The summed E-state index contributed by atoms with van der Waals surface area (Å²) in [6.45, 7) is 8.49. The average Bonchev–Trinajstić information content (AvgIpc) is 2.70. The van der Waals surface area contributed by atoms with Crippen LogP contribution >= 0.6 is 0 Å². The zero-order valence-electron chi connectivity index (χ0n) is 16.4. The molecule has 7 nitrogen and oxygen atoms in total. The van der Waals surface area contributed by atoms with Gasteiger partial charge in [0.25, 0.3) is 0 Å². The SMILES string of the molecule is Cc1ccccc1CN(C)C(=O)CN1CCN(C(=O)N2CCOCC2)CC1. The van der Waals surface area contributed by atoms with Gasteiger partial charge in [0.1, 0.15) is 0 Å². The van der Waals surface area contributed by atoms with Gasteiger partial charge in [0.2, 0.25) is 5.91 Å². The molecule has 1 aromatic rings. The van der Waals surface area contributed by atoms with Crippen molar-refractivity contribution in [2.45, 2.75) is 13.5 Å². The van der Waals surface area contributed by atoms with Crippen LogP contribution in [0.5, 0.6) is 0 Å². The van der Waals surface area contributed by atoms with Crippen LogP contribution in [0, 0.1) is 6.92 Å². The van der Waals surface area contributed by atoms with Gasteiger partial charge < -0.3 is 19.4 Å². The van der Waals surface area contributed by atoms with Crippen molar-refractivity contribution in [3.63, 3.8) is 0 Å². The first kappa shape index (κ1) is 19.6. The summed E-state index contributed by atoms with van der Waals surface area (Å²) >= 11 is 0. The Labute approximate surface area is 161 Å². The monoisotopic (exact) mass is 374 g/mol. The zero-order chi connectivity index (χ0) is 19.2. The van der Waals surface area contributed by atoms with Gasteiger partial charge in [-0.1, -0.05) is 24.3 Å². The molecule has 0 radical (unpaired) electrons. The molecule has 1 aromatic carbocycles. The Hall–Kier alpha value is -2.12. The number of nitrogens with zero attached hydrogens (tertiary/aromatic N) is 4. The van der Waals surface area contributed by atoms with Gasteiger partial charge in [0.05, 0.1) is 19.8 Å². The number of carbonyl (C=O) groups excluding carboxylic acids is 2. The predicted octanol–water partition coefficient (Wildman–Crippen LogP) is 1.02. The number of carbonyl (C=O) groups is 2. The molecule has 2 aliphatic rings. The zero-order valence-corrected chi connectivity index (χ0v) is 16.4. The largest absolute Gasteiger partial charge is 0.378 e. The minimum absolute atomic E-state index is 0.0981. The van der Waals surface area contributed by atoms with Crippen molar-refractivity contribution < 1.29 is 14.3 Å². The lowest BCUT2D eigenvalue weighted by Gasteiger charge is -2.38. The Balaban J connectivity index is 1.43. The molecule has 0 bridgehead atoms. The normalized spacial score (nSPS) is 18.4. The number of benzene rings is 1. The first-order chi connectivity index (χ1) is 13.0. The van der Waals surface area contributed by atoms with E-state index in [-0.39, 0.29) is 11.9 Å². The highest BCUT2D eigenvalue weighted by Crippen LogP contribution is 2.11. The van der Waals surface area contributed by atoms with Crippen LogP contribution in [0.4, 0.5) is 4.79 Å². The Bertz CT molecular complexity index is 652. The van der Waals surface area contributed by atoms with E-state index >= 15 is 0 Å². The molecule has 2 fully saturated rings. The van der Waals surface area contributed by atoms with E-state index in [0.29, 0.717) is 52.5 Å². The standard InChI is InChI=1S/C20H30N4O3/c1-17-5-3-4-6-18(17)15-21(2)19(25)16-22-7-9-23(10-8-22)20(26)24-11-13-27-14-12-24/h3-6H,7-16H2,1-2H3. The number of morpholine rings is 1. The molecule has 3 amide bonds. The van der Waals surface area contributed by atoms with Crippen LogP contribution in [0.15, 0.2) is 24.3 Å². The first-order valence-corrected chi connectivity index (χ1v) is 9.67. The second-order valence-corrected chi connectivity index (χ2v) is 7.32. The lowest BCUT2D eigenvalue weighted by molar-refractivity contribution is -0.132. The summed E-state index contributed by atoms with van der Waals surface area (Å²) in [5.74, 6) is 0.117. The number of ether oxygens (including phenoxy) is 1. The number of urea groups is 1. The number of hydrogen-bond acceptors (Lipinski definition) is 4. The highest BCUT2D eigenvalue weighted by Gasteiger charge is 2.27. The molecule has 0 unspecified atom stereocenters. The van der Waals surface area contributed by atoms with E-state index in [1.807, 2.05) is 29.0 Å². The number of amides is 3. The van der Waals surface area contributed by atoms with Crippen molar-refractivity contribution in [3.8, 4) is 0 Å². The van der Waals surface area contributed by atoms with Crippen LogP contribution in [0.2, 0.25) is 0 Å². The topological polar surface area (TPSA) is 56.3 Å². The van der Waals surface area contributed by atoms with Crippen molar-refractivity contribution in [2.24, 2.45) is 0 Å². The minimum Gasteiger partial charge on any atom is -0.378 e. The summed E-state index contributed by atoms with van der Waals surface area (Å²) in [5, 5.41) is 0. The second-order valence-electron chi connectivity index (χ2n) is 7.32. The molecule has 0 N–H and O–H groups in total. The van der Waals surface area contributed by atoms with Gasteiger partial charge in [-0.3, -0.25) is 9.69 Å². The fraction of sp³-hybridized carbons (Fsp3) is 0.600. The molecule has 2 saturated heterocycles. The maximum Gasteiger partial charge on any atom is 0.320 e. The molecule has 0 spiro atoms. The van der Waals surface area contributed by atoms with Crippen LogP contribution in [0.1, 0.15) is 11.1 Å². The molecule has 0 aliphatic carbocycles. The van der Waals surface area contributed by atoms with Gasteiger partial charge in [-0.2, -0.15) is 0 Å². The first-order valence-electron chi connectivity index (χ1n) is 9.67. The number of hydrogen-bond donors (Lipinski definition) is 0. The molecule has 27 heavy (non-hydrogen) atoms. The lowest BCUT2D eigenvalue weighted by atomic mass is 10.1. The number of piperazine rings is 1. The van der Waals surface area contributed by atoms with Crippen molar-refractivity contribution in [3.05, 3.63) is 35.4 Å². The van der Waals surface area contributed by atoms with Crippen molar-refractivity contribution in [1.29, 1.82) is 0 Å². The maximum absolute atomic E-state index is 12.6. The molecule has 0 saturated carbocycles. The van der Waals surface area contributed by atoms with E-state index in [9.17, 15) is 9.59 Å². The lowest BCUT2D eigenvalue weighted by Crippen LogP contribution is -2.55. The fourth-order valence-electron chi connectivity index (χ4n) is 3.50. The summed E-state index contributed by atoms with van der Waals surface area (Å²) in [6, 6.07) is 8.25. The number of aryl methyl sites for hydroxylation is 1. The Morgan fingerprint density at radius 3 is 2.30 bits per heavy atom. The van der Waals surface area contributed by atoms with Crippen LogP contribution in [0.3, 0.4) is 0 Å². The summed E-state index contributed by atoms with van der Waals surface area (Å²) < 4.78 is 5.31. The van der Waals surface area contributed by atoms with E-state index in [1.54, 1.807) is 4.90 Å². The molecular weight excluding hydrogens is 344 g/mol. The van der Waals surface area contributed by atoms with Crippen LogP contribution in [-0.4, -0.2) is 97.6 Å². The number of likely N-dealkylation sites (N-methyl/N-ethyl adjacent to an activating group) is 1. The molecule has 0 atom stereocenters. The number of rotatable bonds is 4. The molecular formula is C20H30N4O3. The summed E-state index contributed by atoms with van der Waals surface area (Å²) in [6.07, 6.45) is 0. The highest BCUT2D eigenvalue weighted by atomic mass is 16.5. The summed E-state index contributed by atoms with van der Waals surface area (Å²) in [5.41, 5.74) is 2.38. The van der Waals surface area contributed by atoms with Crippen molar-refractivity contribution in [2.75, 3.05) is 66.1 Å². The molecule has 7 heteroatoms. The van der Waals surface area contributed by atoms with E-state index in [2.05, 4.69) is 24.0 Å². The highest BCUT2D eigenvalue weighted by molar-refractivity contribution is 5.78. The molecule has 148 valence electrons. The fourth-order valence-corrected chi connectivity index (χ4v) is 3.50. The molecule has 2 heterocycles.